The molecular formula is C16H24N4S2. The van der Waals surface area contributed by atoms with Gasteiger partial charge < -0.3 is 10.6 Å². The van der Waals surface area contributed by atoms with E-state index in [1.807, 2.05) is 6.20 Å². The van der Waals surface area contributed by atoms with Crippen LogP contribution in [0, 0.1) is 6.92 Å². The summed E-state index contributed by atoms with van der Waals surface area (Å²) in [7, 11) is 0. The molecule has 0 fully saturated rings. The molecule has 4 nitrogen and oxygen atoms in total. The molecule has 120 valence electrons. The Balaban J connectivity index is 1.81. The average molecular weight is 337 g/mol. The van der Waals surface area contributed by atoms with Gasteiger partial charge in [-0.05, 0) is 36.2 Å². The third-order valence-corrected chi connectivity index (χ3v) is 4.95. The lowest BCUT2D eigenvalue weighted by molar-refractivity contribution is 0.747. The molecule has 1 atom stereocenters. The zero-order valence-electron chi connectivity index (χ0n) is 13.4. The number of thiophene rings is 1. The van der Waals surface area contributed by atoms with Crippen LogP contribution in [0.4, 0.5) is 0 Å². The molecule has 2 heterocycles. The van der Waals surface area contributed by atoms with Crippen LogP contribution in [0.2, 0.25) is 0 Å². The van der Waals surface area contributed by atoms with Crippen LogP contribution in [0.15, 0.2) is 28.0 Å². The number of guanidine groups is 1. The van der Waals surface area contributed by atoms with Gasteiger partial charge in [0.05, 0.1) is 5.01 Å². The fraction of sp³-hybridized carbons (Fsp3) is 0.500. The van der Waals surface area contributed by atoms with E-state index in [9.17, 15) is 0 Å². The molecule has 0 aliphatic carbocycles. The first kappa shape index (κ1) is 17.0. The van der Waals surface area contributed by atoms with Crippen molar-refractivity contribution in [1.29, 1.82) is 0 Å². The van der Waals surface area contributed by atoms with Crippen LogP contribution in [0.25, 0.3) is 0 Å². The average Bonchev–Trinajstić information content (AvgIpc) is 3.16. The van der Waals surface area contributed by atoms with E-state index in [4.69, 9.17) is 0 Å². The molecule has 6 heteroatoms. The van der Waals surface area contributed by atoms with E-state index >= 15 is 0 Å². The van der Waals surface area contributed by atoms with Crippen LogP contribution in [-0.2, 0) is 6.42 Å². The van der Waals surface area contributed by atoms with Crippen LogP contribution >= 0.6 is 22.7 Å². The minimum atomic E-state index is 0.448. The summed E-state index contributed by atoms with van der Waals surface area (Å²) in [5, 5.41) is 12.2. The van der Waals surface area contributed by atoms with Gasteiger partial charge in [0.25, 0.3) is 0 Å². The molecule has 0 radical (unpaired) electrons. The second kappa shape index (κ2) is 8.90. The highest BCUT2D eigenvalue weighted by atomic mass is 32.1. The molecule has 0 bridgehead atoms. The van der Waals surface area contributed by atoms with Crippen molar-refractivity contribution in [2.75, 3.05) is 19.6 Å². The van der Waals surface area contributed by atoms with Crippen molar-refractivity contribution in [3.63, 3.8) is 0 Å². The second-order valence-corrected chi connectivity index (χ2v) is 7.32. The van der Waals surface area contributed by atoms with Gasteiger partial charge in [-0.25, -0.2) is 4.98 Å². The lowest BCUT2D eigenvalue weighted by atomic mass is 10.1. The predicted octanol–water partition coefficient (Wildman–Crippen LogP) is 3.41. The normalized spacial score (nSPS) is 13.1. The van der Waals surface area contributed by atoms with Gasteiger partial charge in [-0.3, -0.25) is 4.99 Å². The van der Waals surface area contributed by atoms with Gasteiger partial charge >= 0.3 is 0 Å². The fourth-order valence-corrected chi connectivity index (χ4v) is 3.60. The molecule has 0 saturated carbocycles. The zero-order valence-corrected chi connectivity index (χ0v) is 15.1. The van der Waals surface area contributed by atoms with E-state index in [2.05, 4.69) is 58.2 Å². The van der Waals surface area contributed by atoms with Crippen LogP contribution in [0.3, 0.4) is 0 Å². The molecule has 2 rings (SSSR count). The largest absolute Gasteiger partial charge is 0.357 e. The van der Waals surface area contributed by atoms with Crippen LogP contribution < -0.4 is 10.6 Å². The molecule has 0 spiro atoms. The van der Waals surface area contributed by atoms with Gasteiger partial charge in [-0.1, -0.05) is 6.92 Å². The SMILES string of the molecule is CCNC(=NCC(C)c1ccsc1)NCCc1ncc(C)s1. The van der Waals surface area contributed by atoms with Gasteiger partial charge in [0, 0.05) is 43.0 Å². The number of nitrogens with zero attached hydrogens (tertiary/aromatic N) is 2. The van der Waals surface area contributed by atoms with Crippen molar-refractivity contribution in [2.24, 2.45) is 4.99 Å². The smallest absolute Gasteiger partial charge is 0.191 e. The van der Waals surface area contributed by atoms with Crippen LogP contribution in [-0.4, -0.2) is 30.6 Å². The third-order valence-electron chi connectivity index (χ3n) is 3.28. The monoisotopic (exact) mass is 336 g/mol. The standard InChI is InChI=1S/C16H24N4S2/c1-4-17-16(18-7-5-15-19-10-13(3)22-15)20-9-12(2)14-6-8-21-11-14/h6,8,10-12H,4-5,7,9H2,1-3H3,(H2,17,18,20). The highest BCUT2D eigenvalue weighted by Crippen LogP contribution is 2.18. The minimum Gasteiger partial charge on any atom is -0.357 e. The number of rotatable bonds is 7. The highest BCUT2D eigenvalue weighted by Gasteiger charge is 2.06. The Kier molecular flexibility index (Phi) is 6.86. The highest BCUT2D eigenvalue weighted by molar-refractivity contribution is 7.11. The predicted molar refractivity (Wildman–Crippen MR) is 97.3 cm³/mol. The molecule has 1 unspecified atom stereocenters. The van der Waals surface area contributed by atoms with Gasteiger partial charge in [0.15, 0.2) is 5.96 Å². The quantitative estimate of drug-likeness (QED) is 0.602. The summed E-state index contributed by atoms with van der Waals surface area (Å²) in [6, 6.07) is 2.18. The lowest BCUT2D eigenvalue weighted by Crippen LogP contribution is -2.38. The summed E-state index contributed by atoms with van der Waals surface area (Å²) >= 11 is 3.50. The maximum atomic E-state index is 4.69. The van der Waals surface area contributed by atoms with Crippen molar-refractivity contribution in [3.05, 3.63) is 38.5 Å². The Morgan fingerprint density at radius 1 is 1.41 bits per heavy atom. The van der Waals surface area contributed by atoms with Crippen molar-refractivity contribution in [2.45, 2.75) is 33.1 Å². The van der Waals surface area contributed by atoms with E-state index in [1.54, 1.807) is 22.7 Å². The summed E-state index contributed by atoms with van der Waals surface area (Å²) in [4.78, 5) is 10.3. The van der Waals surface area contributed by atoms with Crippen molar-refractivity contribution in [3.8, 4) is 0 Å². The molecule has 0 amide bonds. The number of nitrogens with one attached hydrogen (secondary N) is 2. The molecule has 2 N–H and O–H groups in total. The first-order valence-electron chi connectivity index (χ1n) is 7.64. The molecule has 0 aliphatic rings. The first-order chi connectivity index (χ1) is 10.7. The molecule has 22 heavy (non-hydrogen) atoms. The van der Waals surface area contributed by atoms with Crippen molar-refractivity contribution in [1.82, 2.24) is 15.6 Å². The van der Waals surface area contributed by atoms with Crippen LogP contribution in [0.5, 0.6) is 0 Å². The number of hydrogen-bond donors (Lipinski definition) is 2. The number of aryl methyl sites for hydroxylation is 1. The third kappa shape index (κ3) is 5.42. The maximum Gasteiger partial charge on any atom is 0.191 e. The van der Waals surface area contributed by atoms with E-state index in [0.29, 0.717) is 5.92 Å². The Hall–Kier alpha value is -1.40. The summed E-state index contributed by atoms with van der Waals surface area (Å²) in [6.45, 7) is 8.91. The van der Waals surface area contributed by atoms with E-state index in [1.165, 1.54) is 15.4 Å². The summed E-state index contributed by atoms with van der Waals surface area (Å²) in [5.41, 5.74) is 1.36. The second-order valence-electron chi connectivity index (χ2n) is 5.22. The molecule has 2 aromatic heterocycles. The Labute approximate surface area is 140 Å². The van der Waals surface area contributed by atoms with Crippen LogP contribution in [0.1, 0.15) is 35.2 Å². The van der Waals surface area contributed by atoms with Gasteiger partial charge in [-0.2, -0.15) is 11.3 Å². The summed E-state index contributed by atoms with van der Waals surface area (Å²) in [5.74, 6) is 1.33. The van der Waals surface area contributed by atoms with Crippen molar-refractivity contribution >= 4 is 28.6 Å². The maximum absolute atomic E-state index is 4.69. The van der Waals surface area contributed by atoms with Gasteiger partial charge in [-0.15, -0.1) is 11.3 Å². The minimum absolute atomic E-state index is 0.448. The Morgan fingerprint density at radius 3 is 2.91 bits per heavy atom. The molecular weight excluding hydrogens is 312 g/mol. The number of thiazole rings is 1. The summed E-state index contributed by atoms with van der Waals surface area (Å²) in [6.07, 6.45) is 2.87. The Morgan fingerprint density at radius 2 is 2.27 bits per heavy atom. The topological polar surface area (TPSA) is 49.3 Å². The van der Waals surface area contributed by atoms with E-state index in [0.717, 1.165) is 32.0 Å². The zero-order chi connectivity index (χ0) is 15.8. The van der Waals surface area contributed by atoms with Crippen molar-refractivity contribution < 1.29 is 0 Å². The Bertz CT molecular complexity index is 575. The van der Waals surface area contributed by atoms with E-state index < -0.39 is 0 Å². The molecule has 0 aromatic carbocycles. The summed E-state index contributed by atoms with van der Waals surface area (Å²) < 4.78 is 0. The number of hydrogen-bond acceptors (Lipinski definition) is 4. The lowest BCUT2D eigenvalue weighted by Gasteiger charge is -2.12. The van der Waals surface area contributed by atoms with Gasteiger partial charge in [0.2, 0.25) is 0 Å². The van der Waals surface area contributed by atoms with Gasteiger partial charge in [0.1, 0.15) is 0 Å². The molecule has 0 saturated heterocycles. The number of aromatic nitrogens is 1. The molecule has 0 aliphatic heterocycles. The molecule has 2 aromatic rings. The van der Waals surface area contributed by atoms with E-state index in [-0.39, 0.29) is 0 Å². The first-order valence-corrected chi connectivity index (χ1v) is 9.40. The number of aliphatic imine (C=N–C) groups is 1. The fourth-order valence-electron chi connectivity index (χ4n) is 2.04.